The van der Waals surface area contributed by atoms with E-state index in [1.165, 1.54) is 141 Å². The molecule has 0 radical (unpaired) electrons. The lowest BCUT2D eigenvalue weighted by Gasteiger charge is -2.46. The SMILES string of the molecule is CCCCCC/C=C\CCCCCCCC(=O)NC(COC1OC(CO)C(OC2OC(CO)C(O)C(O)C2O)C(O)C1O)C(O)/C=C/CC/C=C/CCCCCCCCCCCCCCCCCCCC. The van der Waals surface area contributed by atoms with Crippen molar-refractivity contribution in [2.75, 3.05) is 19.8 Å². The van der Waals surface area contributed by atoms with Crippen LogP contribution in [0.4, 0.5) is 0 Å². The van der Waals surface area contributed by atoms with Crippen LogP contribution >= 0.6 is 0 Å². The lowest BCUT2D eigenvalue weighted by molar-refractivity contribution is -0.359. The van der Waals surface area contributed by atoms with Crippen molar-refractivity contribution in [3.63, 3.8) is 0 Å². The Kier molecular flexibility index (Phi) is 40.0. The minimum atomic E-state index is -1.79. The van der Waals surface area contributed by atoms with Crippen LogP contribution < -0.4 is 5.32 Å². The Hall–Kier alpha value is -1.79. The third-order valence-electron chi connectivity index (χ3n) is 14.0. The lowest BCUT2D eigenvalue weighted by atomic mass is 9.97. The van der Waals surface area contributed by atoms with Gasteiger partial charge < -0.3 is 65.1 Å². The molecule has 14 nitrogen and oxygen atoms in total. The second-order valence-electron chi connectivity index (χ2n) is 20.4. The van der Waals surface area contributed by atoms with Crippen LogP contribution in [-0.4, -0.2) is 140 Å². The molecule has 71 heavy (non-hydrogen) atoms. The maximum Gasteiger partial charge on any atom is 0.220 e. The smallest absolute Gasteiger partial charge is 0.220 e. The van der Waals surface area contributed by atoms with E-state index in [9.17, 15) is 45.6 Å². The average Bonchev–Trinajstić information content (AvgIpc) is 3.37. The van der Waals surface area contributed by atoms with E-state index in [4.69, 9.17) is 18.9 Å². The predicted molar refractivity (Wildman–Crippen MR) is 281 cm³/mol. The molecule has 416 valence electrons. The maximum absolute atomic E-state index is 13.2. The molecule has 0 spiro atoms. The van der Waals surface area contributed by atoms with Gasteiger partial charge in [0, 0.05) is 6.42 Å². The van der Waals surface area contributed by atoms with Gasteiger partial charge in [0.2, 0.25) is 5.91 Å². The summed E-state index contributed by atoms with van der Waals surface area (Å²) < 4.78 is 22.7. The van der Waals surface area contributed by atoms with Crippen molar-refractivity contribution in [3.05, 3.63) is 36.5 Å². The van der Waals surface area contributed by atoms with Crippen molar-refractivity contribution >= 4 is 5.91 Å². The number of hydrogen-bond donors (Lipinski definition) is 9. The minimum absolute atomic E-state index is 0.258. The first-order valence-corrected chi connectivity index (χ1v) is 28.7. The third kappa shape index (κ3) is 29.8. The largest absolute Gasteiger partial charge is 0.394 e. The fourth-order valence-electron chi connectivity index (χ4n) is 9.36. The number of unbranched alkanes of at least 4 members (excludes halogenated alkanes) is 28. The average molecular weight is 1010 g/mol. The van der Waals surface area contributed by atoms with Crippen molar-refractivity contribution in [2.45, 2.75) is 299 Å². The van der Waals surface area contributed by atoms with Crippen LogP contribution in [0.1, 0.15) is 226 Å². The van der Waals surface area contributed by atoms with E-state index in [0.717, 1.165) is 51.4 Å². The zero-order valence-electron chi connectivity index (χ0n) is 44.5. The van der Waals surface area contributed by atoms with Gasteiger partial charge in [-0.25, -0.2) is 0 Å². The molecule has 2 fully saturated rings. The van der Waals surface area contributed by atoms with Crippen molar-refractivity contribution in [2.24, 2.45) is 0 Å². The summed E-state index contributed by atoms with van der Waals surface area (Å²) in [6.45, 7) is 2.76. The molecule has 0 aliphatic carbocycles. The maximum atomic E-state index is 13.2. The van der Waals surface area contributed by atoms with E-state index in [0.29, 0.717) is 12.8 Å². The second kappa shape index (κ2) is 43.4. The summed E-state index contributed by atoms with van der Waals surface area (Å²) in [4.78, 5) is 13.2. The molecule has 12 unspecified atom stereocenters. The fraction of sp³-hybridized carbons (Fsp3) is 0.877. The molecule has 0 bridgehead atoms. The molecule has 2 aliphatic heterocycles. The van der Waals surface area contributed by atoms with E-state index in [2.05, 4.69) is 43.5 Å². The number of nitrogens with one attached hydrogen (secondary N) is 1. The molecule has 9 N–H and O–H groups in total. The number of carbonyl (C=O) groups is 1. The van der Waals surface area contributed by atoms with Gasteiger partial charge >= 0.3 is 0 Å². The van der Waals surface area contributed by atoms with Crippen molar-refractivity contribution in [3.8, 4) is 0 Å². The van der Waals surface area contributed by atoms with Gasteiger partial charge in [0.15, 0.2) is 12.6 Å². The third-order valence-corrected chi connectivity index (χ3v) is 14.0. The second-order valence-corrected chi connectivity index (χ2v) is 20.4. The van der Waals surface area contributed by atoms with Crippen LogP contribution in [0.15, 0.2) is 36.5 Å². The highest BCUT2D eigenvalue weighted by molar-refractivity contribution is 5.76. The van der Waals surface area contributed by atoms with E-state index in [1.807, 2.05) is 6.08 Å². The van der Waals surface area contributed by atoms with E-state index in [-0.39, 0.29) is 18.9 Å². The van der Waals surface area contributed by atoms with Crippen molar-refractivity contribution < 1.29 is 64.6 Å². The molecule has 0 aromatic carbocycles. The first-order valence-electron chi connectivity index (χ1n) is 28.7. The van der Waals surface area contributed by atoms with Crippen LogP contribution in [0.3, 0.4) is 0 Å². The number of aliphatic hydroxyl groups excluding tert-OH is 8. The fourth-order valence-corrected chi connectivity index (χ4v) is 9.36. The highest BCUT2D eigenvalue weighted by atomic mass is 16.7. The monoisotopic (exact) mass is 1010 g/mol. The standard InChI is InChI=1S/C57H105NO13/c1-3-5-7-9-11-13-15-17-18-19-20-21-22-23-24-25-26-27-29-30-32-34-36-38-40-46(61)45(58-49(62)41-39-37-35-33-31-28-16-14-12-10-8-6-4-2)44-68-56-54(67)52(65)55(48(43-60)70-56)71-57-53(66)51(64)50(63)47(42-59)69-57/h14,16,30,32,38,40,45-48,50-57,59-61,63-67H,3-13,15,17-29,31,33-37,39,41-44H2,1-2H3,(H,58,62)/b16-14-,32-30+,40-38+. The summed E-state index contributed by atoms with van der Waals surface area (Å²) in [6, 6.07) is -0.934. The molecular weight excluding hydrogens is 907 g/mol. The highest BCUT2D eigenvalue weighted by Gasteiger charge is 2.51. The molecule has 1 amide bonds. The minimum Gasteiger partial charge on any atom is -0.394 e. The van der Waals surface area contributed by atoms with Gasteiger partial charge in [-0.2, -0.15) is 0 Å². The quantitative estimate of drug-likeness (QED) is 0.0205. The van der Waals surface area contributed by atoms with Crippen LogP contribution in [0.25, 0.3) is 0 Å². The van der Waals surface area contributed by atoms with Crippen molar-refractivity contribution in [1.29, 1.82) is 0 Å². The number of amides is 1. The molecule has 2 aliphatic rings. The van der Waals surface area contributed by atoms with Crippen molar-refractivity contribution in [1.82, 2.24) is 5.32 Å². The number of allylic oxidation sites excluding steroid dienone is 5. The number of carbonyl (C=O) groups excluding carboxylic acids is 1. The topological polar surface area (TPSA) is 228 Å². The number of aliphatic hydroxyl groups is 8. The van der Waals surface area contributed by atoms with Crippen LogP contribution in [-0.2, 0) is 23.7 Å². The molecule has 14 heteroatoms. The summed E-state index contributed by atoms with van der Waals surface area (Å²) in [5, 5.41) is 86.9. The van der Waals surface area contributed by atoms with E-state index in [1.54, 1.807) is 6.08 Å². The first kappa shape index (κ1) is 65.3. The first-order chi connectivity index (χ1) is 34.6. The Morgan fingerprint density at radius 2 is 0.901 bits per heavy atom. The van der Waals surface area contributed by atoms with Gasteiger partial charge in [-0.3, -0.25) is 4.79 Å². The number of ether oxygens (including phenoxy) is 4. The zero-order valence-corrected chi connectivity index (χ0v) is 44.5. The van der Waals surface area contributed by atoms with E-state index < -0.39 is 86.8 Å². The summed E-state index contributed by atoms with van der Waals surface area (Å²) in [5.74, 6) is -0.258. The van der Waals surface area contributed by atoms with Crippen LogP contribution in [0.2, 0.25) is 0 Å². The summed E-state index contributed by atoms with van der Waals surface area (Å²) in [6.07, 6.45) is 34.8. The molecule has 2 heterocycles. The molecule has 0 aromatic heterocycles. The van der Waals surface area contributed by atoms with Gasteiger partial charge in [-0.1, -0.05) is 198 Å². The molecular formula is C57H105NO13. The number of rotatable bonds is 45. The lowest BCUT2D eigenvalue weighted by Crippen LogP contribution is -2.65. The van der Waals surface area contributed by atoms with Gasteiger partial charge in [0.05, 0.1) is 32.0 Å². The van der Waals surface area contributed by atoms with E-state index >= 15 is 0 Å². The summed E-state index contributed by atoms with van der Waals surface area (Å²) in [5.41, 5.74) is 0. The highest BCUT2D eigenvalue weighted by Crippen LogP contribution is 2.30. The van der Waals surface area contributed by atoms with Gasteiger partial charge in [0.1, 0.15) is 48.8 Å². The molecule has 0 aromatic rings. The van der Waals surface area contributed by atoms with Gasteiger partial charge in [-0.05, 0) is 57.8 Å². The Labute approximate surface area is 430 Å². The molecule has 0 saturated carbocycles. The molecule has 12 atom stereocenters. The van der Waals surface area contributed by atoms with Gasteiger partial charge in [-0.15, -0.1) is 0 Å². The Bertz CT molecular complexity index is 1330. The summed E-state index contributed by atoms with van der Waals surface area (Å²) >= 11 is 0. The Morgan fingerprint density at radius 3 is 1.39 bits per heavy atom. The van der Waals surface area contributed by atoms with Gasteiger partial charge in [0.25, 0.3) is 0 Å². The van der Waals surface area contributed by atoms with Crippen LogP contribution in [0.5, 0.6) is 0 Å². The Balaban J connectivity index is 1.78. The predicted octanol–water partition coefficient (Wildman–Crippen LogP) is 9.05. The molecule has 2 saturated heterocycles. The normalized spacial score (nSPS) is 26.0. The Morgan fingerprint density at radius 1 is 0.493 bits per heavy atom. The zero-order chi connectivity index (χ0) is 51.7. The molecule has 2 rings (SSSR count). The summed E-state index contributed by atoms with van der Waals surface area (Å²) in [7, 11) is 0. The number of hydrogen-bond acceptors (Lipinski definition) is 13. The van der Waals surface area contributed by atoms with Crippen LogP contribution in [0, 0.1) is 0 Å².